The molecule has 0 unspecified atom stereocenters. The second-order valence-corrected chi connectivity index (χ2v) is 9.25. The molecule has 0 bridgehead atoms. The number of amides is 1. The summed E-state index contributed by atoms with van der Waals surface area (Å²) in [7, 11) is -3.62. The summed E-state index contributed by atoms with van der Waals surface area (Å²) in [6.07, 6.45) is 3.67. The number of carbonyl (C=O) groups is 1. The van der Waals surface area contributed by atoms with Gasteiger partial charge in [-0.15, -0.1) is 4.40 Å². The van der Waals surface area contributed by atoms with E-state index in [9.17, 15) is 13.2 Å². The van der Waals surface area contributed by atoms with E-state index in [1.165, 1.54) is 0 Å². The molecule has 0 fully saturated rings. The standard InChI is InChI=1S/C22H28N4O4S/c1-4-17-12-15(10-11-24-17)21(27)25-22(5-2,6-3)14-30-18-9-7-8-16-13-31(28,29)26-20(23)19(16)18/h7-12H,4-6,13-14H2,1-3H3,(H2,23,26)(H,25,27). The Labute approximate surface area is 183 Å². The molecule has 3 rings (SSSR count). The molecule has 3 N–H and O–H groups in total. The highest BCUT2D eigenvalue weighted by atomic mass is 32.2. The predicted octanol–water partition coefficient (Wildman–Crippen LogP) is 2.56. The van der Waals surface area contributed by atoms with Gasteiger partial charge in [-0.25, -0.2) is 8.42 Å². The van der Waals surface area contributed by atoms with E-state index in [-0.39, 0.29) is 24.1 Å². The minimum absolute atomic E-state index is 0.0802. The summed E-state index contributed by atoms with van der Waals surface area (Å²) >= 11 is 0. The number of nitrogens with one attached hydrogen (secondary N) is 1. The van der Waals surface area contributed by atoms with Crippen molar-refractivity contribution in [2.24, 2.45) is 10.1 Å². The van der Waals surface area contributed by atoms with Crippen molar-refractivity contribution in [3.63, 3.8) is 0 Å². The summed E-state index contributed by atoms with van der Waals surface area (Å²) in [5.41, 5.74) is 7.76. The van der Waals surface area contributed by atoms with Gasteiger partial charge < -0.3 is 15.8 Å². The number of sulfonamides is 1. The summed E-state index contributed by atoms with van der Waals surface area (Å²) in [4.78, 5) is 17.2. The molecule has 0 atom stereocenters. The van der Waals surface area contributed by atoms with E-state index in [0.29, 0.717) is 35.3 Å². The van der Waals surface area contributed by atoms with Gasteiger partial charge in [0.05, 0.1) is 16.9 Å². The lowest BCUT2D eigenvalue weighted by atomic mass is 9.93. The van der Waals surface area contributed by atoms with E-state index in [2.05, 4.69) is 14.7 Å². The number of hydrogen-bond acceptors (Lipinski definition) is 6. The van der Waals surface area contributed by atoms with E-state index < -0.39 is 15.6 Å². The molecule has 31 heavy (non-hydrogen) atoms. The van der Waals surface area contributed by atoms with Crippen LogP contribution < -0.4 is 15.8 Å². The quantitative estimate of drug-likeness (QED) is 0.645. The molecule has 166 valence electrons. The Balaban J connectivity index is 1.82. The molecule has 0 spiro atoms. The van der Waals surface area contributed by atoms with Crippen LogP contribution in [-0.4, -0.2) is 37.3 Å². The van der Waals surface area contributed by atoms with Crippen LogP contribution in [0.25, 0.3) is 0 Å². The first-order valence-corrected chi connectivity index (χ1v) is 11.9. The highest BCUT2D eigenvalue weighted by molar-refractivity contribution is 7.89. The number of aromatic nitrogens is 1. The van der Waals surface area contributed by atoms with Gasteiger partial charge in [0.2, 0.25) is 0 Å². The van der Waals surface area contributed by atoms with E-state index in [4.69, 9.17) is 10.5 Å². The number of amidine groups is 1. The smallest absolute Gasteiger partial charge is 0.259 e. The Morgan fingerprint density at radius 3 is 2.65 bits per heavy atom. The van der Waals surface area contributed by atoms with E-state index in [1.54, 1.807) is 36.5 Å². The summed E-state index contributed by atoms with van der Waals surface area (Å²) in [5, 5.41) is 3.12. The molecule has 0 saturated heterocycles. The minimum atomic E-state index is -3.62. The van der Waals surface area contributed by atoms with Gasteiger partial charge in [-0.2, -0.15) is 0 Å². The SMILES string of the molecule is CCc1cc(C(=O)NC(CC)(CC)COc2cccc3c2C(N)=NS(=O)(=O)C3)ccn1. The van der Waals surface area contributed by atoms with Crippen LogP contribution in [0.3, 0.4) is 0 Å². The molecular weight excluding hydrogens is 416 g/mol. The van der Waals surface area contributed by atoms with Crippen molar-refractivity contribution in [1.82, 2.24) is 10.3 Å². The highest BCUT2D eigenvalue weighted by Gasteiger charge is 2.31. The first kappa shape index (κ1) is 22.7. The first-order valence-electron chi connectivity index (χ1n) is 10.3. The maximum Gasteiger partial charge on any atom is 0.259 e. The fourth-order valence-electron chi connectivity index (χ4n) is 3.54. The molecule has 1 amide bonds. The zero-order valence-electron chi connectivity index (χ0n) is 18.0. The zero-order chi connectivity index (χ0) is 22.6. The van der Waals surface area contributed by atoms with Crippen LogP contribution in [0.5, 0.6) is 5.75 Å². The van der Waals surface area contributed by atoms with Crippen molar-refractivity contribution in [3.8, 4) is 5.75 Å². The fourth-order valence-corrected chi connectivity index (χ4v) is 4.63. The second kappa shape index (κ2) is 9.05. The maximum absolute atomic E-state index is 12.9. The Morgan fingerprint density at radius 2 is 1.97 bits per heavy atom. The van der Waals surface area contributed by atoms with E-state index >= 15 is 0 Å². The average Bonchev–Trinajstić information content (AvgIpc) is 2.75. The molecule has 1 aliphatic rings. The third-order valence-electron chi connectivity index (χ3n) is 5.62. The second-order valence-electron chi connectivity index (χ2n) is 7.61. The van der Waals surface area contributed by atoms with Crippen molar-refractivity contribution in [3.05, 3.63) is 58.9 Å². The van der Waals surface area contributed by atoms with Crippen molar-refractivity contribution in [2.75, 3.05) is 6.61 Å². The predicted molar refractivity (Wildman–Crippen MR) is 120 cm³/mol. The van der Waals surface area contributed by atoms with Crippen molar-refractivity contribution >= 4 is 21.8 Å². The number of nitrogens with two attached hydrogens (primary N) is 1. The van der Waals surface area contributed by atoms with E-state index in [1.807, 2.05) is 20.8 Å². The Hall–Kier alpha value is -2.94. The number of rotatable bonds is 8. The monoisotopic (exact) mass is 444 g/mol. The van der Waals surface area contributed by atoms with Gasteiger partial charge in [-0.3, -0.25) is 9.78 Å². The summed E-state index contributed by atoms with van der Waals surface area (Å²) in [6, 6.07) is 8.63. The number of ether oxygens (including phenoxy) is 1. The summed E-state index contributed by atoms with van der Waals surface area (Å²) < 4.78 is 33.5. The number of pyridine rings is 1. The van der Waals surface area contributed by atoms with Gasteiger partial charge in [0, 0.05) is 17.5 Å². The van der Waals surface area contributed by atoms with Crippen LogP contribution >= 0.6 is 0 Å². The van der Waals surface area contributed by atoms with Gasteiger partial charge in [0.1, 0.15) is 18.2 Å². The molecular formula is C22H28N4O4S. The van der Waals surface area contributed by atoms with E-state index in [0.717, 1.165) is 12.1 Å². The molecule has 1 aliphatic heterocycles. The van der Waals surface area contributed by atoms with Gasteiger partial charge >= 0.3 is 0 Å². The average molecular weight is 445 g/mol. The zero-order valence-corrected chi connectivity index (χ0v) is 18.8. The van der Waals surface area contributed by atoms with Crippen LogP contribution in [0.2, 0.25) is 0 Å². The van der Waals surface area contributed by atoms with Gasteiger partial charge in [0.15, 0.2) is 0 Å². The molecule has 1 aromatic heterocycles. The fraction of sp³-hybridized carbons (Fsp3) is 0.409. The molecule has 2 aromatic rings. The van der Waals surface area contributed by atoms with Crippen LogP contribution in [-0.2, 0) is 22.2 Å². The lowest BCUT2D eigenvalue weighted by molar-refractivity contribution is 0.0837. The van der Waals surface area contributed by atoms with Crippen LogP contribution in [0, 0.1) is 0 Å². The number of benzene rings is 1. The molecule has 2 heterocycles. The third kappa shape index (κ3) is 5.04. The third-order valence-corrected chi connectivity index (χ3v) is 6.77. The summed E-state index contributed by atoms with van der Waals surface area (Å²) in [6.45, 7) is 6.16. The molecule has 0 radical (unpaired) electrons. The molecule has 0 saturated carbocycles. The number of hydrogen-bond donors (Lipinski definition) is 2. The number of nitrogens with zero attached hydrogens (tertiary/aromatic N) is 2. The Morgan fingerprint density at radius 1 is 1.23 bits per heavy atom. The van der Waals surface area contributed by atoms with Crippen molar-refractivity contribution in [1.29, 1.82) is 0 Å². The highest BCUT2D eigenvalue weighted by Crippen LogP contribution is 2.29. The molecule has 0 aliphatic carbocycles. The minimum Gasteiger partial charge on any atom is -0.490 e. The van der Waals surface area contributed by atoms with Crippen LogP contribution in [0.4, 0.5) is 0 Å². The number of aryl methyl sites for hydroxylation is 1. The summed E-state index contributed by atoms with van der Waals surface area (Å²) in [5.74, 6) is -0.0350. The van der Waals surface area contributed by atoms with Gasteiger partial charge in [-0.1, -0.05) is 32.9 Å². The topological polar surface area (TPSA) is 124 Å². The lowest BCUT2D eigenvalue weighted by Crippen LogP contribution is -2.52. The number of fused-ring (bicyclic) bond motifs is 1. The molecule has 1 aromatic carbocycles. The van der Waals surface area contributed by atoms with Crippen molar-refractivity contribution in [2.45, 2.75) is 51.3 Å². The Bertz CT molecular complexity index is 1110. The van der Waals surface area contributed by atoms with Crippen LogP contribution in [0.15, 0.2) is 40.9 Å². The molecule has 9 heteroatoms. The van der Waals surface area contributed by atoms with Crippen molar-refractivity contribution < 1.29 is 17.9 Å². The number of carbonyl (C=O) groups excluding carboxylic acids is 1. The Kier molecular flexibility index (Phi) is 6.64. The first-order chi connectivity index (χ1) is 14.7. The van der Waals surface area contributed by atoms with Crippen LogP contribution in [0.1, 0.15) is 60.8 Å². The largest absolute Gasteiger partial charge is 0.490 e. The van der Waals surface area contributed by atoms with Gasteiger partial charge in [-0.05, 0) is 43.0 Å². The maximum atomic E-state index is 12.9. The van der Waals surface area contributed by atoms with Gasteiger partial charge in [0.25, 0.3) is 15.9 Å². The lowest BCUT2D eigenvalue weighted by Gasteiger charge is -2.33. The molecule has 8 nitrogen and oxygen atoms in total. The normalized spacial score (nSPS) is 15.0.